The highest BCUT2D eigenvalue weighted by Crippen LogP contribution is 2.04. The van der Waals surface area contributed by atoms with E-state index >= 15 is 0 Å². The maximum Gasteiger partial charge on any atom is 0.323 e. The van der Waals surface area contributed by atoms with Gasteiger partial charge in [-0.15, -0.1) is 0 Å². The van der Waals surface area contributed by atoms with Crippen LogP contribution < -0.4 is 10.9 Å². The van der Waals surface area contributed by atoms with E-state index in [2.05, 4.69) is 15.3 Å². The number of hydrogen-bond acceptors (Lipinski definition) is 5. The van der Waals surface area contributed by atoms with Crippen LogP contribution in [0, 0.1) is 6.92 Å². The third kappa shape index (κ3) is 3.41. The lowest BCUT2D eigenvalue weighted by atomic mass is 10.3. The average molecular weight is 274 g/mol. The van der Waals surface area contributed by atoms with Crippen LogP contribution >= 0.6 is 0 Å². The van der Waals surface area contributed by atoms with Gasteiger partial charge in [-0.1, -0.05) is 6.07 Å². The first kappa shape index (κ1) is 13.7. The molecule has 7 heteroatoms. The molecule has 0 fully saturated rings. The monoisotopic (exact) mass is 274 g/mol. The Bertz CT molecular complexity index is 667. The van der Waals surface area contributed by atoms with E-state index in [1.807, 2.05) is 12.1 Å². The summed E-state index contributed by atoms with van der Waals surface area (Å²) in [6.45, 7) is 1.70. The van der Waals surface area contributed by atoms with E-state index in [1.165, 1.54) is 6.07 Å². The van der Waals surface area contributed by atoms with Gasteiger partial charge in [-0.2, -0.15) is 0 Å². The Morgan fingerprint density at radius 1 is 1.50 bits per heavy atom. The number of carbonyl (C=O) groups is 1. The van der Waals surface area contributed by atoms with Gasteiger partial charge in [-0.05, 0) is 18.6 Å². The SMILES string of the molecule is Cc1nc(NCc2cccnc2)cc(=O)n1CC(=O)O. The lowest BCUT2D eigenvalue weighted by Gasteiger charge is -2.10. The summed E-state index contributed by atoms with van der Waals surface area (Å²) in [6.07, 6.45) is 3.39. The number of carboxylic acids is 1. The molecule has 20 heavy (non-hydrogen) atoms. The maximum atomic E-state index is 11.8. The quantitative estimate of drug-likeness (QED) is 0.830. The predicted octanol–water partition coefficient (Wildman–Crippen LogP) is 0.643. The molecule has 0 unspecified atom stereocenters. The standard InChI is InChI=1S/C13H14N4O3/c1-9-16-11(5-12(18)17(9)8-13(19)20)15-7-10-3-2-4-14-6-10/h2-6,15H,7-8H2,1H3,(H,19,20). The summed E-state index contributed by atoms with van der Waals surface area (Å²) in [7, 11) is 0. The summed E-state index contributed by atoms with van der Waals surface area (Å²) < 4.78 is 1.11. The predicted molar refractivity (Wildman–Crippen MR) is 72.4 cm³/mol. The molecule has 0 saturated heterocycles. The van der Waals surface area contributed by atoms with E-state index in [4.69, 9.17) is 5.11 Å². The van der Waals surface area contributed by atoms with Crippen LogP contribution in [0.1, 0.15) is 11.4 Å². The molecule has 2 rings (SSSR count). The summed E-state index contributed by atoms with van der Waals surface area (Å²) in [5.74, 6) is -0.306. The van der Waals surface area contributed by atoms with Crippen molar-refractivity contribution in [3.05, 3.63) is 52.3 Å². The van der Waals surface area contributed by atoms with Crippen molar-refractivity contribution in [2.75, 3.05) is 5.32 Å². The zero-order chi connectivity index (χ0) is 14.5. The minimum absolute atomic E-state index is 0.355. The largest absolute Gasteiger partial charge is 0.480 e. The molecule has 0 spiro atoms. The van der Waals surface area contributed by atoms with Crippen molar-refractivity contribution in [3.63, 3.8) is 0 Å². The number of rotatable bonds is 5. The van der Waals surface area contributed by atoms with E-state index < -0.39 is 11.5 Å². The molecule has 0 atom stereocenters. The molecule has 0 amide bonds. The van der Waals surface area contributed by atoms with E-state index in [0.29, 0.717) is 18.2 Å². The van der Waals surface area contributed by atoms with Gasteiger partial charge in [-0.25, -0.2) is 4.98 Å². The highest BCUT2D eigenvalue weighted by atomic mass is 16.4. The minimum Gasteiger partial charge on any atom is -0.480 e. The molecule has 2 aromatic rings. The summed E-state index contributed by atoms with van der Waals surface area (Å²) in [5, 5.41) is 11.7. The van der Waals surface area contributed by atoms with Crippen molar-refractivity contribution in [1.82, 2.24) is 14.5 Å². The second kappa shape index (κ2) is 5.96. The van der Waals surface area contributed by atoms with Crippen molar-refractivity contribution in [2.24, 2.45) is 0 Å². The number of anilines is 1. The van der Waals surface area contributed by atoms with Crippen molar-refractivity contribution in [1.29, 1.82) is 0 Å². The third-order valence-electron chi connectivity index (χ3n) is 2.69. The Balaban J connectivity index is 2.14. The van der Waals surface area contributed by atoms with Crippen LogP contribution in [0.2, 0.25) is 0 Å². The fourth-order valence-electron chi connectivity index (χ4n) is 1.73. The number of hydrogen-bond donors (Lipinski definition) is 2. The molecule has 0 aliphatic rings. The molecule has 104 valence electrons. The topological polar surface area (TPSA) is 97.1 Å². The van der Waals surface area contributed by atoms with Crippen LogP contribution in [0.3, 0.4) is 0 Å². The zero-order valence-electron chi connectivity index (χ0n) is 10.9. The van der Waals surface area contributed by atoms with Crippen LogP contribution in [0.5, 0.6) is 0 Å². The maximum absolute atomic E-state index is 11.8. The summed E-state index contributed by atoms with van der Waals surface area (Å²) in [4.78, 5) is 30.6. The molecule has 0 bridgehead atoms. The van der Waals surface area contributed by atoms with Crippen molar-refractivity contribution < 1.29 is 9.90 Å². The van der Waals surface area contributed by atoms with E-state index in [9.17, 15) is 9.59 Å². The van der Waals surface area contributed by atoms with E-state index in [1.54, 1.807) is 19.3 Å². The number of aryl methyl sites for hydroxylation is 1. The fourth-order valence-corrected chi connectivity index (χ4v) is 1.73. The average Bonchev–Trinajstić information content (AvgIpc) is 2.41. The minimum atomic E-state index is -1.08. The highest BCUT2D eigenvalue weighted by Gasteiger charge is 2.08. The number of aromatic nitrogens is 3. The smallest absolute Gasteiger partial charge is 0.323 e. The van der Waals surface area contributed by atoms with Crippen molar-refractivity contribution in [2.45, 2.75) is 20.0 Å². The van der Waals surface area contributed by atoms with Crippen LogP contribution in [0.4, 0.5) is 5.82 Å². The molecule has 7 nitrogen and oxygen atoms in total. The van der Waals surface area contributed by atoms with Gasteiger partial charge in [0.1, 0.15) is 18.2 Å². The first-order valence-electron chi connectivity index (χ1n) is 5.99. The van der Waals surface area contributed by atoms with Gasteiger partial charge in [0.05, 0.1) is 0 Å². The van der Waals surface area contributed by atoms with Gasteiger partial charge in [-0.3, -0.25) is 19.1 Å². The second-order valence-corrected chi connectivity index (χ2v) is 4.22. The zero-order valence-corrected chi connectivity index (χ0v) is 10.9. The number of pyridine rings is 1. The summed E-state index contributed by atoms with van der Waals surface area (Å²) in [6, 6.07) is 5.01. The Kier molecular flexibility index (Phi) is 4.09. The molecule has 0 aliphatic carbocycles. The van der Waals surface area contributed by atoms with Crippen LogP contribution in [-0.2, 0) is 17.9 Å². The highest BCUT2D eigenvalue weighted by molar-refractivity contribution is 5.66. The van der Waals surface area contributed by atoms with Gasteiger partial charge in [0.2, 0.25) is 0 Å². The van der Waals surface area contributed by atoms with Gasteiger partial charge in [0.25, 0.3) is 5.56 Å². The summed E-state index contributed by atoms with van der Waals surface area (Å²) in [5.41, 5.74) is 0.565. The Morgan fingerprint density at radius 2 is 2.30 bits per heavy atom. The third-order valence-corrected chi connectivity index (χ3v) is 2.69. The van der Waals surface area contributed by atoms with Crippen LogP contribution in [0.15, 0.2) is 35.4 Å². The number of nitrogens with one attached hydrogen (secondary N) is 1. The van der Waals surface area contributed by atoms with Gasteiger partial charge in [0, 0.05) is 25.0 Å². The number of aliphatic carboxylic acids is 1. The van der Waals surface area contributed by atoms with Crippen molar-refractivity contribution in [3.8, 4) is 0 Å². The molecule has 0 saturated carbocycles. The fraction of sp³-hybridized carbons (Fsp3) is 0.231. The molecule has 0 aliphatic heterocycles. The second-order valence-electron chi connectivity index (χ2n) is 4.22. The van der Waals surface area contributed by atoms with E-state index in [-0.39, 0.29) is 6.54 Å². The first-order valence-corrected chi connectivity index (χ1v) is 5.99. The van der Waals surface area contributed by atoms with Crippen LogP contribution in [0.25, 0.3) is 0 Å². The molecule has 2 N–H and O–H groups in total. The van der Waals surface area contributed by atoms with Gasteiger partial charge < -0.3 is 10.4 Å². The first-order chi connectivity index (χ1) is 9.56. The van der Waals surface area contributed by atoms with Crippen LogP contribution in [-0.4, -0.2) is 25.6 Å². The molecular weight excluding hydrogens is 260 g/mol. The Morgan fingerprint density at radius 3 is 2.90 bits per heavy atom. The number of nitrogens with zero attached hydrogens (tertiary/aromatic N) is 3. The Hall–Kier alpha value is -2.70. The molecule has 0 aromatic carbocycles. The molecule has 0 radical (unpaired) electrons. The van der Waals surface area contributed by atoms with Gasteiger partial charge >= 0.3 is 5.97 Å². The molecular formula is C13H14N4O3. The number of carboxylic acid groups (broad SMARTS) is 1. The molecule has 2 aromatic heterocycles. The lowest BCUT2D eigenvalue weighted by Crippen LogP contribution is -2.27. The summed E-state index contributed by atoms with van der Waals surface area (Å²) >= 11 is 0. The Labute approximate surface area is 114 Å². The van der Waals surface area contributed by atoms with Crippen molar-refractivity contribution >= 4 is 11.8 Å². The normalized spacial score (nSPS) is 10.2. The van der Waals surface area contributed by atoms with Gasteiger partial charge in [0.15, 0.2) is 0 Å². The lowest BCUT2D eigenvalue weighted by molar-refractivity contribution is -0.137. The molecule has 2 heterocycles. The van der Waals surface area contributed by atoms with E-state index in [0.717, 1.165) is 10.1 Å².